The number of nitro groups is 1. The van der Waals surface area contributed by atoms with Crippen molar-refractivity contribution < 1.29 is 37.5 Å². The zero-order chi connectivity index (χ0) is 27.2. The van der Waals surface area contributed by atoms with Crippen LogP contribution in [0.15, 0.2) is 23.4 Å². The number of aliphatic carboxylic acids is 1. The van der Waals surface area contributed by atoms with Gasteiger partial charge in [0.2, 0.25) is 15.7 Å². The zero-order valence-corrected chi connectivity index (χ0v) is 21.2. The number of carboxylic acid groups (broad SMARTS) is 1. The summed E-state index contributed by atoms with van der Waals surface area (Å²) in [5.41, 5.74) is -0.622. The number of methoxy groups -OCH3 is 1. The fourth-order valence-corrected chi connectivity index (χ4v) is 3.54. The maximum Gasteiger partial charge on any atom is 0.373 e. The molecular formula is C21H27N5O9S. The van der Waals surface area contributed by atoms with E-state index < -0.39 is 55.1 Å². The van der Waals surface area contributed by atoms with Crippen molar-refractivity contribution in [2.24, 2.45) is 5.92 Å². The van der Waals surface area contributed by atoms with E-state index in [9.17, 15) is 28.1 Å². The second-order valence-corrected chi connectivity index (χ2v) is 9.90. The standard InChI is InChI=1S/C21H27N5O9S/c1-6-12(7-16(27)28)11-22-18-17(26(30)31)19(24-21(23-18)36(5,32)33)35-15-9-13(20(29)25(2)3)8-14(10-15)34-4/h8-10,12H,6-7,11H2,1-5H3,(H,27,28)(H,22,23,24). The van der Waals surface area contributed by atoms with Crippen LogP contribution in [0.2, 0.25) is 0 Å². The lowest BCUT2D eigenvalue weighted by Crippen LogP contribution is -2.21. The number of anilines is 1. The number of benzene rings is 1. The Morgan fingerprint density at radius 2 is 1.86 bits per heavy atom. The average Bonchev–Trinajstić information content (AvgIpc) is 2.79. The normalized spacial score (nSPS) is 11.9. The first-order valence-electron chi connectivity index (χ1n) is 10.6. The predicted molar refractivity (Wildman–Crippen MR) is 127 cm³/mol. The van der Waals surface area contributed by atoms with E-state index in [0.717, 1.165) is 6.26 Å². The van der Waals surface area contributed by atoms with E-state index >= 15 is 0 Å². The van der Waals surface area contributed by atoms with Gasteiger partial charge < -0.3 is 24.8 Å². The number of amides is 1. The highest BCUT2D eigenvalue weighted by molar-refractivity contribution is 7.90. The second-order valence-electron chi connectivity index (χ2n) is 7.99. The number of nitrogens with zero attached hydrogens (tertiary/aromatic N) is 4. The fraction of sp³-hybridized carbons (Fsp3) is 0.429. The van der Waals surface area contributed by atoms with Crippen LogP contribution in [0, 0.1) is 16.0 Å². The van der Waals surface area contributed by atoms with Gasteiger partial charge in [0.15, 0.2) is 0 Å². The molecule has 2 aromatic rings. The van der Waals surface area contributed by atoms with E-state index in [2.05, 4.69) is 15.3 Å². The molecule has 1 aromatic heterocycles. The van der Waals surface area contributed by atoms with Crippen LogP contribution in [-0.4, -0.2) is 79.2 Å². The number of hydrogen-bond acceptors (Lipinski definition) is 11. The molecule has 0 spiro atoms. The molecule has 0 aliphatic carbocycles. The van der Waals surface area contributed by atoms with E-state index in [1.807, 2.05) is 0 Å². The smallest absolute Gasteiger partial charge is 0.373 e. The first-order valence-corrected chi connectivity index (χ1v) is 12.5. The van der Waals surface area contributed by atoms with Crippen molar-refractivity contribution in [3.63, 3.8) is 0 Å². The molecule has 1 atom stereocenters. The molecule has 14 nitrogen and oxygen atoms in total. The predicted octanol–water partition coefficient (Wildman–Crippen LogP) is 2.20. The molecule has 196 valence electrons. The summed E-state index contributed by atoms with van der Waals surface area (Å²) in [6.45, 7) is 1.71. The Kier molecular flexibility index (Phi) is 9.11. The Bertz CT molecular complexity index is 1260. The van der Waals surface area contributed by atoms with Gasteiger partial charge in [-0.3, -0.25) is 19.7 Å². The molecule has 0 radical (unpaired) electrons. The summed E-state index contributed by atoms with van der Waals surface area (Å²) in [6, 6.07) is 4.07. The maximum atomic E-state index is 12.4. The molecular weight excluding hydrogens is 498 g/mol. The Hall–Kier alpha value is -4.01. The number of carbonyl (C=O) groups is 2. The topological polar surface area (TPSA) is 191 Å². The fourth-order valence-electron chi connectivity index (χ4n) is 3.03. The molecule has 2 rings (SSSR count). The quantitative estimate of drug-likeness (QED) is 0.234. The molecule has 1 unspecified atom stereocenters. The molecule has 0 saturated heterocycles. The highest BCUT2D eigenvalue weighted by Gasteiger charge is 2.30. The van der Waals surface area contributed by atoms with Crippen molar-refractivity contribution in [1.82, 2.24) is 14.9 Å². The van der Waals surface area contributed by atoms with Gasteiger partial charge in [0.05, 0.1) is 12.0 Å². The molecule has 15 heteroatoms. The Balaban J connectivity index is 2.63. The van der Waals surface area contributed by atoms with E-state index in [1.54, 1.807) is 6.92 Å². The molecule has 0 aliphatic heterocycles. The third-order valence-corrected chi connectivity index (χ3v) is 5.77. The minimum atomic E-state index is -4.04. The number of aromatic nitrogens is 2. The van der Waals surface area contributed by atoms with E-state index in [1.165, 1.54) is 44.3 Å². The van der Waals surface area contributed by atoms with Crippen molar-refractivity contribution in [2.45, 2.75) is 24.9 Å². The van der Waals surface area contributed by atoms with Crippen LogP contribution >= 0.6 is 0 Å². The number of hydrogen-bond donors (Lipinski definition) is 2. The Labute approximate surface area is 207 Å². The first kappa shape index (κ1) is 28.2. The van der Waals surface area contributed by atoms with Gasteiger partial charge in [-0.15, -0.1) is 0 Å². The van der Waals surface area contributed by atoms with E-state index in [0.29, 0.717) is 6.42 Å². The number of carbonyl (C=O) groups excluding carboxylic acids is 1. The number of sulfone groups is 1. The molecule has 0 aliphatic rings. The van der Waals surface area contributed by atoms with Crippen LogP contribution in [0.1, 0.15) is 30.1 Å². The summed E-state index contributed by atoms with van der Waals surface area (Å²) >= 11 is 0. The van der Waals surface area contributed by atoms with Gasteiger partial charge in [-0.25, -0.2) is 8.42 Å². The molecule has 1 heterocycles. The number of ether oxygens (including phenoxy) is 2. The van der Waals surface area contributed by atoms with Gasteiger partial charge >= 0.3 is 17.5 Å². The highest BCUT2D eigenvalue weighted by Crippen LogP contribution is 2.37. The lowest BCUT2D eigenvalue weighted by Gasteiger charge is -2.16. The third kappa shape index (κ3) is 7.24. The molecule has 0 saturated carbocycles. The van der Waals surface area contributed by atoms with Crippen LogP contribution in [0.5, 0.6) is 17.4 Å². The Morgan fingerprint density at radius 3 is 2.36 bits per heavy atom. The van der Waals surface area contributed by atoms with Crippen LogP contribution in [0.25, 0.3) is 0 Å². The Morgan fingerprint density at radius 1 is 1.22 bits per heavy atom. The minimum Gasteiger partial charge on any atom is -0.497 e. The summed E-state index contributed by atoms with van der Waals surface area (Å²) < 4.78 is 35.2. The molecule has 1 aromatic carbocycles. The summed E-state index contributed by atoms with van der Waals surface area (Å²) in [5, 5.41) is 22.9. The maximum absolute atomic E-state index is 12.4. The molecule has 0 fully saturated rings. The number of nitrogens with one attached hydrogen (secondary N) is 1. The average molecular weight is 526 g/mol. The van der Waals surface area contributed by atoms with Crippen molar-refractivity contribution in [1.29, 1.82) is 0 Å². The van der Waals surface area contributed by atoms with Crippen LogP contribution in [-0.2, 0) is 14.6 Å². The van der Waals surface area contributed by atoms with Gasteiger partial charge in [-0.2, -0.15) is 9.97 Å². The van der Waals surface area contributed by atoms with Gasteiger partial charge in [0, 0.05) is 44.9 Å². The SMILES string of the molecule is CCC(CNc1nc(S(C)(=O)=O)nc(Oc2cc(OC)cc(C(=O)N(C)C)c2)c1[N+](=O)[O-])CC(=O)O. The van der Waals surface area contributed by atoms with Crippen molar-refractivity contribution in [3.05, 3.63) is 33.9 Å². The van der Waals surface area contributed by atoms with Crippen LogP contribution in [0.3, 0.4) is 0 Å². The van der Waals surface area contributed by atoms with Gasteiger partial charge in [0.1, 0.15) is 11.5 Å². The molecule has 0 bridgehead atoms. The van der Waals surface area contributed by atoms with Gasteiger partial charge in [0.25, 0.3) is 11.1 Å². The van der Waals surface area contributed by atoms with Crippen molar-refractivity contribution in [2.75, 3.05) is 39.3 Å². The summed E-state index contributed by atoms with van der Waals surface area (Å²) in [4.78, 5) is 43.4. The molecule has 2 N–H and O–H groups in total. The summed E-state index contributed by atoms with van der Waals surface area (Å²) in [5.74, 6) is -2.90. The molecule has 36 heavy (non-hydrogen) atoms. The summed E-state index contributed by atoms with van der Waals surface area (Å²) in [7, 11) is 0.372. The van der Waals surface area contributed by atoms with E-state index in [-0.39, 0.29) is 30.0 Å². The number of rotatable bonds is 12. The van der Waals surface area contributed by atoms with E-state index in [4.69, 9.17) is 14.6 Å². The van der Waals surface area contributed by atoms with Crippen LogP contribution in [0.4, 0.5) is 11.5 Å². The largest absolute Gasteiger partial charge is 0.497 e. The lowest BCUT2D eigenvalue weighted by atomic mass is 10.0. The van der Waals surface area contributed by atoms with Crippen molar-refractivity contribution in [3.8, 4) is 17.4 Å². The minimum absolute atomic E-state index is 0.0378. The van der Waals surface area contributed by atoms with Gasteiger partial charge in [-0.1, -0.05) is 13.3 Å². The summed E-state index contributed by atoms with van der Waals surface area (Å²) in [6.07, 6.45) is 1.05. The van der Waals surface area contributed by atoms with Crippen molar-refractivity contribution >= 4 is 33.2 Å². The molecule has 1 amide bonds. The highest BCUT2D eigenvalue weighted by atomic mass is 32.2. The number of carboxylic acids is 1. The monoisotopic (exact) mass is 525 g/mol. The lowest BCUT2D eigenvalue weighted by molar-refractivity contribution is -0.385. The second kappa shape index (κ2) is 11.6. The van der Waals surface area contributed by atoms with Crippen LogP contribution < -0.4 is 14.8 Å². The first-order chi connectivity index (χ1) is 16.8. The van der Waals surface area contributed by atoms with Gasteiger partial charge in [-0.05, 0) is 18.1 Å². The third-order valence-electron chi connectivity index (χ3n) is 4.93. The zero-order valence-electron chi connectivity index (χ0n) is 20.3.